The molecular formula is C34H40F2N2O7. The predicted molar refractivity (Wildman–Crippen MR) is 160 cm³/mol. The van der Waals surface area contributed by atoms with Gasteiger partial charge in [-0.2, -0.15) is 0 Å². The molecule has 242 valence electrons. The van der Waals surface area contributed by atoms with Crippen LogP contribution in [-0.2, 0) is 14.3 Å². The van der Waals surface area contributed by atoms with Crippen molar-refractivity contribution in [2.24, 2.45) is 28.6 Å². The summed E-state index contributed by atoms with van der Waals surface area (Å²) in [7, 11) is 0. The number of nitrogen functional groups attached to an aromatic ring is 1. The number of halogens is 2. The van der Waals surface area contributed by atoms with Gasteiger partial charge in [-0.05, 0) is 92.1 Å². The van der Waals surface area contributed by atoms with E-state index in [1.165, 1.54) is 31.4 Å². The van der Waals surface area contributed by atoms with Crippen LogP contribution in [-0.4, -0.2) is 58.6 Å². The molecule has 1 aromatic carbocycles. The lowest BCUT2D eigenvalue weighted by Gasteiger charge is -2.63. The number of nitrogens with one attached hydrogen (secondary N) is 1. The van der Waals surface area contributed by atoms with E-state index in [4.69, 9.17) is 19.6 Å². The maximum atomic E-state index is 17.7. The molecule has 1 aromatic heterocycles. The standard InChI is InChI=1S/C34H40F2N2O7/c1-19-15-23-24-17-26(35)25-16-21(39)10-11-31(25,2)33(24,36)28(40)18-32(23,3)34(19,45-29(41)27-5-4-13-44-27)30(42)38-12-14-43-22-8-6-20(37)7-9-22/h4-11,13,16,19,23-24,26,28-29,40-41H,12,14-15,17-18,37H2,1-3H3,(H,38,42)/t19-,23+,24+,26+,28+,29?,31+,32+,33+,34+/m1/s1. The van der Waals surface area contributed by atoms with Crippen LogP contribution in [0.3, 0.4) is 0 Å². The van der Waals surface area contributed by atoms with Crippen LogP contribution in [0.2, 0.25) is 0 Å². The number of aliphatic hydroxyl groups is 2. The number of carbonyl (C=O) groups is 2. The minimum absolute atomic E-state index is 0.0250. The summed E-state index contributed by atoms with van der Waals surface area (Å²) in [6.45, 7) is 5.27. The molecule has 4 aliphatic carbocycles. The Morgan fingerprint density at radius 1 is 1.20 bits per heavy atom. The van der Waals surface area contributed by atoms with Crippen LogP contribution in [0.25, 0.3) is 0 Å². The topological polar surface area (TPSA) is 144 Å². The molecular weight excluding hydrogens is 586 g/mol. The van der Waals surface area contributed by atoms with Gasteiger partial charge in [-0.3, -0.25) is 9.59 Å². The quantitative estimate of drug-likeness (QED) is 0.192. The number of amides is 1. The molecule has 5 N–H and O–H groups in total. The second-order valence-electron chi connectivity index (χ2n) is 13.4. The Bertz CT molecular complexity index is 1510. The van der Waals surface area contributed by atoms with Crippen molar-refractivity contribution in [3.63, 3.8) is 0 Å². The van der Waals surface area contributed by atoms with Crippen molar-refractivity contribution in [3.05, 3.63) is 72.2 Å². The second-order valence-corrected chi connectivity index (χ2v) is 13.4. The highest BCUT2D eigenvalue weighted by molar-refractivity contribution is 6.01. The summed E-state index contributed by atoms with van der Waals surface area (Å²) in [5.74, 6) is -2.57. The molecule has 1 amide bonds. The Labute approximate surface area is 260 Å². The van der Waals surface area contributed by atoms with Crippen LogP contribution < -0.4 is 15.8 Å². The molecule has 3 fully saturated rings. The van der Waals surface area contributed by atoms with Crippen LogP contribution in [0, 0.1) is 28.6 Å². The number of nitrogens with two attached hydrogens (primary N) is 1. The van der Waals surface area contributed by atoms with Gasteiger partial charge in [0, 0.05) is 22.4 Å². The maximum absolute atomic E-state index is 17.7. The van der Waals surface area contributed by atoms with E-state index in [1.54, 1.807) is 44.2 Å². The molecule has 9 nitrogen and oxygen atoms in total. The highest BCUT2D eigenvalue weighted by atomic mass is 19.1. The number of ether oxygens (including phenoxy) is 2. The lowest BCUT2D eigenvalue weighted by atomic mass is 9.44. The molecule has 2 aromatic rings. The number of furan rings is 1. The third-order valence-corrected chi connectivity index (χ3v) is 11.1. The fourth-order valence-electron chi connectivity index (χ4n) is 9.01. The maximum Gasteiger partial charge on any atom is 0.253 e. The molecule has 10 atom stereocenters. The Morgan fingerprint density at radius 2 is 1.93 bits per heavy atom. The first-order valence-electron chi connectivity index (χ1n) is 15.4. The summed E-state index contributed by atoms with van der Waals surface area (Å²) < 4.78 is 51.1. The summed E-state index contributed by atoms with van der Waals surface area (Å²) in [5, 5.41) is 25.8. The molecule has 0 bridgehead atoms. The van der Waals surface area contributed by atoms with Gasteiger partial charge in [0.1, 0.15) is 18.5 Å². The smallest absolute Gasteiger partial charge is 0.253 e. The van der Waals surface area contributed by atoms with Crippen LogP contribution in [0.1, 0.15) is 52.1 Å². The van der Waals surface area contributed by atoms with Crippen molar-refractivity contribution in [2.75, 3.05) is 18.9 Å². The zero-order chi connectivity index (χ0) is 32.4. The molecule has 1 unspecified atom stereocenters. The lowest BCUT2D eigenvalue weighted by molar-refractivity contribution is -0.269. The lowest BCUT2D eigenvalue weighted by Crippen LogP contribution is -2.71. The molecule has 11 heteroatoms. The van der Waals surface area contributed by atoms with Gasteiger partial charge in [0.25, 0.3) is 5.91 Å². The van der Waals surface area contributed by atoms with Crippen molar-refractivity contribution < 1.29 is 42.5 Å². The number of alkyl halides is 2. The van der Waals surface area contributed by atoms with Gasteiger partial charge in [0.05, 0.1) is 18.9 Å². The van der Waals surface area contributed by atoms with Gasteiger partial charge in [-0.1, -0.05) is 19.9 Å². The third kappa shape index (κ3) is 4.57. The number of hydrogen-bond donors (Lipinski definition) is 4. The number of rotatable bonds is 8. The highest BCUT2D eigenvalue weighted by Gasteiger charge is 2.77. The molecule has 0 aliphatic heterocycles. The van der Waals surface area contributed by atoms with E-state index in [0.29, 0.717) is 11.4 Å². The Kier molecular flexibility index (Phi) is 7.73. The first-order valence-corrected chi connectivity index (χ1v) is 15.4. The van der Waals surface area contributed by atoms with Crippen molar-refractivity contribution in [1.29, 1.82) is 0 Å². The number of benzene rings is 1. The predicted octanol–water partition coefficient (Wildman–Crippen LogP) is 4.37. The van der Waals surface area contributed by atoms with Crippen LogP contribution >= 0.6 is 0 Å². The summed E-state index contributed by atoms with van der Waals surface area (Å²) in [6, 6.07) is 9.89. The van der Waals surface area contributed by atoms with Crippen LogP contribution in [0.4, 0.5) is 14.5 Å². The van der Waals surface area contributed by atoms with Crippen molar-refractivity contribution in [1.82, 2.24) is 5.32 Å². The van der Waals surface area contributed by atoms with E-state index in [2.05, 4.69) is 5.32 Å². The highest BCUT2D eigenvalue weighted by Crippen LogP contribution is 2.71. The summed E-state index contributed by atoms with van der Waals surface area (Å²) in [6.07, 6.45) is 0.000800. The number of fused-ring (bicyclic) bond motifs is 5. The minimum Gasteiger partial charge on any atom is -0.492 e. The second kappa shape index (κ2) is 11.1. The van der Waals surface area contributed by atoms with Crippen LogP contribution in [0.15, 0.2) is 70.9 Å². The first kappa shape index (κ1) is 31.4. The first-order chi connectivity index (χ1) is 21.3. The number of allylic oxidation sites excluding steroid dienone is 4. The summed E-state index contributed by atoms with van der Waals surface area (Å²) in [5.41, 5.74) is -0.546. The normalized spacial score (nSPS) is 39.3. The molecule has 0 saturated heterocycles. The van der Waals surface area contributed by atoms with Gasteiger partial charge < -0.3 is 35.2 Å². The SMILES string of the molecule is C[C@@H]1C[C@H]2[C@@H]3C[C@H](F)C4=CC(=O)C=C[C@]4(C)[C@@]3(F)[C@@H](O)C[C@]2(C)[C@@]1(OC(O)c1ccco1)C(=O)NCCOc1ccc(N)cc1. The van der Waals surface area contributed by atoms with Gasteiger partial charge >= 0.3 is 0 Å². The van der Waals surface area contributed by atoms with Crippen molar-refractivity contribution in [2.45, 2.75) is 69.9 Å². The number of carbonyl (C=O) groups excluding carboxylic acids is 2. The van der Waals surface area contributed by atoms with E-state index in [1.807, 2.05) is 0 Å². The summed E-state index contributed by atoms with van der Waals surface area (Å²) >= 11 is 0. The number of ketones is 1. The van der Waals surface area contributed by atoms with E-state index >= 15 is 8.78 Å². The zero-order valence-corrected chi connectivity index (χ0v) is 25.5. The van der Waals surface area contributed by atoms with Gasteiger partial charge in [-0.15, -0.1) is 0 Å². The number of anilines is 1. The molecule has 0 spiro atoms. The molecule has 0 radical (unpaired) electrons. The van der Waals surface area contributed by atoms with Gasteiger partial charge in [0.15, 0.2) is 22.8 Å². The molecule has 4 aliphatic rings. The number of aliphatic hydroxyl groups excluding tert-OH is 2. The molecule has 6 rings (SSSR count). The Balaban J connectivity index is 1.34. The van der Waals surface area contributed by atoms with Crippen molar-refractivity contribution >= 4 is 17.4 Å². The van der Waals surface area contributed by atoms with Crippen molar-refractivity contribution in [3.8, 4) is 5.75 Å². The average Bonchev–Trinajstić information content (AvgIpc) is 3.61. The molecule has 3 saturated carbocycles. The van der Waals surface area contributed by atoms with E-state index in [0.717, 1.165) is 6.08 Å². The zero-order valence-electron chi connectivity index (χ0n) is 25.5. The fourth-order valence-corrected chi connectivity index (χ4v) is 9.01. The van der Waals surface area contributed by atoms with E-state index in [9.17, 15) is 19.8 Å². The Hall–Kier alpha value is -3.54. The van der Waals surface area contributed by atoms with E-state index in [-0.39, 0.29) is 43.7 Å². The molecule has 1 heterocycles. The monoisotopic (exact) mass is 626 g/mol. The van der Waals surface area contributed by atoms with Crippen LogP contribution in [0.5, 0.6) is 5.75 Å². The molecule has 45 heavy (non-hydrogen) atoms. The largest absolute Gasteiger partial charge is 0.492 e. The summed E-state index contributed by atoms with van der Waals surface area (Å²) in [4.78, 5) is 26.5. The van der Waals surface area contributed by atoms with E-state index < -0.39 is 70.1 Å². The Morgan fingerprint density at radius 3 is 2.62 bits per heavy atom. The van der Waals surface area contributed by atoms with Gasteiger partial charge in [0.2, 0.25) is 6.29 Å². The number of hydrogen-bond acceptors (Lipinski definition) is 8. The van der Waals surface area contributed by atoms with Gasteiger partial charge in [-0.25, -0.2) is 8.78 Å². The third-order valence-electron chi connectivity index (χ3n) is 11.1. The average molecular weight is 627 g/mol. The minimum atomic E-state index is -2.32. The fraction of sp³-hybridized carbons (Fsp3) is 0.529.